The van der Waals surface area contributed by atoms with Crippen LogP contribution in [0.4, 0.5) is 4.79 Å². The van der Waals surface area contributed by atoms with Gasteiger partial charge < -0.3 is 15.4 Å². The molecule has 0 heterocycles. The molecule has 1 aromatic carbocycles. The van der Waals surface area contributed by atoms with Crippen LogP contribution in [0.25, 0.3) is 0 Å². The van der Waals surface area contributed by atoms with Gasteiger partial charge in [-0.2, -0.15) is 0 Å². The molecule has 1 aromatic rings. The Kier molecular flexibility index (Phi) is 7.46. The molecule has 6 heteroatoms. The highest BCUT2D eigenvalue weighted by Gasteiger charge is 2.17. The summed E-state index contributed by atoms with van der Waals surface area (Å²) < 4.78 is 5.21. The van der Waals surface area contributed by atoms with Crippen molar-refractivity contribution in [2.45, 2.75) is 52.3 Å². The average molecular weight is 347 g/mol. The minimum atomic E-state index is -0.493. The Morgan fingerprint density at radius 2 is 2.00 bits per heavy atom. The third-order valence-electron chi connectivity index (χ3n) is 3.00. The molecule has 1 unspecified atom stereocenters. The van der Waals surface area contributed by atoms with E-state index in [9.17, 15) is 4.79 Å². The Morgan fingerprint density at radius 3 is 2.59 bits per heavy atom. The zero-order chi connectivity index (χ0) is 16.8. The third-order valence-corrected chi connectivity index (χ3v) is 3.86. The zero-order valence-electron chi connectivity index (χ0n) is 13.5. The maximum atomic E-state index is 11.7. The molecule has 0 aliphatic carbocycles. The van der Waals surface area contributed by atoms with Gasteiger partial charge >= 0.3 is 6.09 Å². The first kappa shape index (κ1) is 19.1. The monoisotopic (exact) mass is 346 g/mol. The predicted molar refractivity (Wildman–Crippen MR) is 91.6 cm³/mol. The molecule has 0 aliphatic rings. The molecule has 2 N–H and O–H groups in total. The summed E-state index contributed by atoms with van der Waals surface area (Å²) in [6.45, 7) is 8.64. The lowest BCUT2D eigenvalue weighted by atomic mass is 10.2. The van der Waals surface area contributed by atoms with Crippen LogP contribution < -0.4 is 10.6 Å². The van der Waals surface area contributed by atoms with Gasteiger partial charge in [0.25, 0.3) is 0 Å². The number of nitrogens with one attached hydrogen (secondary N) is 2. The van der Waals surface area contributed by atoms with Crippen molar-refractivity contribution >= 4 is 29.3 Å². The second-order valence-electron chi connectivity index (χ2n) is 6.08. The van der Waals surface area contributed by atoms with Gasteiger partial charge in [0.2, 0.25) is 0 Å². The number of amides is 1. The predicted octanol–water partition coefficient (Wildman–Crippen LogP) is 4.39. The minimum Gasteiger partial charge on any atom is -0.444 e. The summed E-state index contributed by atoms with van der Waals surface area (Å²) in [5.74, 6) is 0. The van der Waals surface area contributed by atoms with Crippen LogP contribution in [0, 0.1) is 0 Å². The first-order chi connectivity index (χ1) is 10.2. The van der Waals surface area contributed by atoms with E-state index in [0.717, 1.165) is 12.0 Å². The Labute approximate surface area is 142 Å². The van der Waals surface area contributed by atoms with E-state index in [1.165, 1.54) is 0 Å². The SMILES string of the molecule is CCC(CNC(=O)OC(C)(C)C)NCc1cccc(Cl)c1Cl. The summed E-state index contributed by atoms with van der Waals surface area (Å²) in [5.41, 5.74) is 0.443. The summed E-state index contributed by atoms with van der Waals surface area (Å²) in [5, 5.41) is 7.23. The van der Waals surface area contributed by atoms with Crippen molar-refractivity contribution in [2.24, 2.45) is 0 Å². The fraction of sp³-hybridized carbons (Fsp3) is 0.562. The van der Waals surface area contributed by atoms with Crippen LogP contribution in [0.3, 0.4) is 0 Å². The van der Waals surface area contributed by atoms with Crippen molar-refractivity contribution in [3.63, 3.8) is 0 Å². The van der Waals surface area contributed by atoms with Crippen molar-refractivity contribution in [2.75, 3.05) is 6.54 Å². The second-order valence-corrected chi connectivity index (χ2v) is 6.87. The number of rotatable bonds is 6. The van der Waals surface area contributed by atoms with E-state index >= 15 is 0 Å². The first-order valence-corrected chi connectivity index (χ1v) is 8.11. The lowest BCUT2D eigenvalue weighted by Gasteiger charge is -2.22. The van der Waals surface area contributed by atoms with Crippen LogP contribution in [-0.2, 0) is 11.3 Å². The number of alkyl carbamates (subject to hydrolysis) is 1. The van der Waals surface area contributed by atoms with Gasteiger partial charge in [0.15, 0.2) is 0 Å². The average Bonchev–Trinajstić information content (AvgIpc) is 2.41. The highest BCUT2D eigenvalue weighted by atomic mass is 35.5. The number of carbonyl (C=O) groups is 1. The molecular weight excluding hydrogens is 323 g/mol. The van der Waals surface area contributed by atoms with Crippen molar-refractivity contribution < 1.29 is 9.53 Å². The number of hydrogen-bond donors (Lipinski definition) is 2. The van der Waals surface area contributed by atoms with Crippen molar-refractivity contribution in [3.05, 3.63) is 33.8 Å². The number of hydrogen-bond acceptors (Lipinski definition) is 3. The van der Waals surface area contributed by atoms with Crippen molar-refractivity contribution in [1.29, 1.82) is 0 Å². The summed E-state index contributed by atoms with van der Waals surface area (Å²) in [6.07, 6.45) is 0.460. The van der Waals surface area contributed by atoms with Crippen LogP contribution in [-0.4, -0.2) is 24.3 Å². The Hall–Kier alpha value is -0.970. The molecule has 22 heavy (non-hydrogen) atoms. The summed E-state index contributed by atoms with van der Waals surface area (Å²) in [4.78, 5) is 11.7. The van der Waals surface area contributed by atoms with Gasteiger partial charge in [-0.1, -0.05) is 42.3 Å². The van der Waals surface area contributed by atoms with Crippen molar-refractivity contribution in [1.82, 2.24) is 10.6 Å². The maximum absolute atomic E-state index is 11.7. The molecule has 0 radical (unpaired) electrons. The summed E-state index contributed by atoms with van der Waals surface area (Å²) >= 11 is 12.2. The van der Waals surface area contributed by atoms with Gasteiger partial charge in [0, 0.05) is 19.1 Å². The second kappa shape index (κ2) is 8.61. The van der Waals surface area contributed by atoms with E-state index in [2.05, 4.69) is 10.6 Å². The highest BCUT2D eigenvalue weighted by Crippen LogP contribution is 2.25. The van der Waals surface area contributed by atoms with E-state index in [1.807, 2.05) is 39.8 Å². The van der Waals surface area contributed by atoms with Crippen molar-refractivity contribution in [3.8, 4) is 0 Å². The molecule has 1 rings (SSSR count). The highest BCUT2D eigenvalue weighted by molar-refractivity contribution is 6.42. The fourth-order valence-electron chi connectivity index (χ4n) is 1.82. The van der Waals surface area contributed by atoms with Crippen LogP contribution >= 0.6 is 23.2 Å². The normalized spacial score (nSPS) is 12.8. The lowest BCUT2D eigenvalue weighted by Crippen LogP contribution is -2.42. The van der Waals surface area contributed by atoms with E-state index < -0.39 is 11.7 Å². The van der Waals surface area contributed by atoms with E-state index in [4.69, 9.17) is 27.9 Å². The topological polar surface area (TPSA) is 50.4 Å². The van der Waals surface area contributed by atoms with Gasteiger partial charge in [-0.3, -0.25) is 0 Å². The van der Waals surface area contributed by atoms with Gasteiger partial charge in [-0.15, -0.1) is 0 Å². The van der Waals surface area contributed by atoms with E-state index in [0.29, 0.717) is 23.1 Å². The summed E-state index contributed by atoms with van der Waals surface area (Å²) in [6, 6.07) is 5.68. The molecule has 0 aromatic heterocycles. The van der Waals surface area contributed by atoms with Crippen LogP contribution in [0.2, 0.25) is 10.0 Å². The number of ether oxygens (including phenoxy) is 1. The summed E-state index contributed by atoms with van der Waals surface area (Å²) in [7, 11) is 0. The number of benzene rings is 1. The van der Waals surface area contributed by atoms with Crippen LogP contribution in [0.1, 0.15) is 39.7 Å². The van der Waals surface area contributed by atoms with Gasteiger partial charge in [-0.25, -0.2) is 4.79 Å². The van der Waals surface area contributed by atoms with Gasteiger partial charge in [0.1, 0.15) is 5.60 Å². The van der Waals surface area contributed by atoms with Crippen LogP contribution in [0.15, 0.2) is 18.2 Å². The molecule has 124 valence electrons. The first-order valence-electron chi connectivity index (χ1n) is 7.36. The van der Waals surface area contributed by atoms with E-state index in [-0.39, 0.29) is 6.04 Å². The molecule has 0 saturated heterocycles. The number of halogens is 2. The standard InChI is InChI=1S/C16H24Cl2N2O2/c1-5-12(10-20-15(21)22-16(2,3)4)19-9-11-7-6-8-13(17)14(11)18/h6-8,12,19H,5,9-10H2,1-4H3,(H,20,21). The van der Waals surface area contributed by atoms with E-state index in [1.54, 1.807) is 6.07 Å². The lowest BCUT2D eigenvalue weighted by molar-refractivity contribution is 0.0522. The largest absolute Gasteiger partial charge is 0.444 e. The van der Waals surface area contributed by atoms with Crippen LogP contribution in [0.5, 0.6) is 0 Å². The van der Waals surface area contributed by atoms with Gasteiger partial charge in [-0.05, 0) is 38.8 Å². The molecule has 1 amide bonds. The number of carbonyl (C=O) groups excluding carboxylic acids is 1. The minimum absolute atomic E-state index is 0.127. The molecule has 0 aliphatic heterocycles. The molecule has 4 nitrogen and oxygen atoms in total. The quantitative estimate of drug-likeness (QED) is 0.803. The molecule has 0 spiro atoms. The molecule has 0 saturated carbocycles. The fourth-order valence-corrected chi connectivity index (χ4v) is 2.21. The zero-order valence-corrected chi connectivity index (χ0v) is 15.0. The smallest absolute Gasteiger partial charge is 0.407 e. The Morgan fingerprint density at radius 1 is 1.32 bits per heavy atom. The Balaban J connectivity index is 2.45. The molecule has 1 atom stereocenters. The molecule has 0 bridgehead atoms. The maximum Gasteiger partial charge on any atom is 0.407 e. The molecule has 0 fully saturated rings. The third kappa shape index (κ3) is 6.86. The molecular formula is C16H24Cl2N2O2. The van der Waals surface area contributed by atoms with Gasteiger partial charge in [0.05, 0.1) is 10.0 Å². The Bertz CT molecular complexity index is 501.